The molecule has 196 valence electrons. The highest BCUT2D eigenvalue weighted by molar-refractivity contribution is 6.04. The first-order chi connectivity index (χ1) is 19.0. The minimum Gasteiger partial charge on any atom is -0.382 e. The van der Waals surface area contributed by atoms with E-state index in [1.165, 1.54) is 29.8 Å². The number of carbonyl (C=O) groups is 1. The minimum absolute atomic E-state index is 0.0697. The van der Waals surface area contributed by atoms with Crippen molar-refractivity contribution in [2.24, 2.45) is 5.92 Å². The van der Waals surface area contributed by atoms with Crippen molar-refractivity contribution in [3.8, 4) is 16.8 Å². The molecule has 8 heteroatoms. The fourth-order valence-corrected chi connectivity index (χ4v) is 5.55. The summed E-state index contributed by atoms with van der Waals surface area (Å²) in [6.07, 6.45) is 7.85. The molecule has 1 saturated carbocycles. The van der Waals surface area contributed by atoms with Gasteiger partial charge in [-0.15, -0.1) is 0 Å². The summed E-state index contributed by atoms with van der Waals surface area (Å²) in [5.41, 5.74) is 11.2. The number of amides is 1. The van der Waals surface area contributed by atoms with E-state index in [0.29, 0.717) is 23.1 Å². The lowest BCUT2D eigenvalue weighted by molar-refractivity contribution is 0.102. The van der Waals surface area contributed by atoms with Gasteiger partial charge in [-0.05, 0) is 66.8 Å². The van der Waals surface area contributed by atoms with E-state index in [2.05, 4.69) is 28.4 Å². The van der Waals surface area contributed by atoms with Crippen LogP contribution in [-0.2, 0) is 0 Å². The first kappa shape index (κ1) is 24.6. The predicted octanol–water partition coefficient (Wildman–Crippen LogP) is 5.68. The molecule has 0 spiro atoms. The van der Waals surface area contributed by atoms with Gasteiger partial charge in [0.25, 0.3) is 11.5 Å². The van der Waals surface area contributed by atoms with Gasteiger partial charge in [0.2, 0.25) is 0 Å². The van der Waals surface area contributed by atoms with Gasteiger partial charge in [-0.3, -0.25) is 14.2 Å². The number of anilines is 2. The molecule has 0 aliphatic heterocycles. The summed E-state index contributed by atoms with van der Waals surface area (Å²) < 4.78 is 3.41. The number of hydrogen-bond donors (Lipinski definition) is 2. The quantitative estimate of drug-likeness (QED) is 0.311. The predicted molar refractivity (Wildman–Crippen MR) is 153 cm³/mol. The SMILES string of the molecule is C[C@H]1CC[C@@H](c2cc(-c3ccc(NC(=O)c4cccn(-c5ccccc5)c4=O)cc3)c3c(N)ncnn32)CC1. The third kappa shape index (κ3) is 4.69. The van der Waals surface area contributed by atoms with E-state index in [9.17, 15) is 9.59 Å². The molecule has 39 heavy (non-hydrogen) atoms. The van der Waals surface area contributed by atoms with Crippen LogP contribution >= 0.6 is 0 Å². The van der Waals surface area contributed by atoms with Crippen LogP contribution in [0.3, 0.4) is 0 Å². The van der Waals surface area contributed by atoms with Gasteiger partial charge in [0, 0.05) is 34.7 Å². The Kier molecular flexibility index (Phi) is 6.44. The third-order valence-electron chi connectivity index (χ3n) is 7.72. The Hall–Kier alpha value is -4.72. The summed E-state index contributed by atoms with van der Waals surface area (Å²) in [6, 6.07) is 22.2. The molecule has 3 aromatic heterocycles. The summed E-state index contributed by atoms with van der Waals surface area (Å²) in [6.45, 7) is 2.31. The number of nitrogen functional groups attached to an aromatic ring is 1. The maximum Gasteiger partial charge on any atom is 0.267 e. The second-order valence-corrected chi connectivity index (χ2v) is 10.3. The minimum atomic E-state index is -0.459. The molecule has 6 rings (SSSR count). The number of nitrogens with one attached hydrogen (secondary N) is 1. The first-order valence-electron chi connectivity index (χ1n) is 13.3. The van der Waals surface area contributed by atoms with Crippen LogP contribution in [0.4, 0.5) is 11.5 Å². The number of aromatic nitrogens is 4. The van der Waals surface area contributed by atoms with E-state index < -0.39 is 5.91 Å². The standard InChI is InChI=1S/C31H30N6O2/c1-20-9-11-22(12-10-20)27-18-26(28-29(32)33-19-34-37(27)28)21-13-15-23(16-14-21)35-30(38)25-8-5-17-36(31(25)39)24-6-3-2-4-7-24/h2-8,13-20,22H,9-12H2,1H3,(H,35,38)(H2,32,33,34)/t20-,22+. The van der Waals surface area contributed by atoms with Gasteiger partial charge in [-0.25, -0.2) is 9.50 Å². The zero-order chi connectivity index (χ0) is 26.9. The van der Waals surface area contributed by atoms with Crippen molar-refractivity contribution in [2.75, 3.05) is 11.1 Å². The average molecular weight is 519 g/mol. The number of fused-ring (bicyclic) bond motifs is 1. The number of nitrogens with zero attached hydrogens (tertiary/aromatic N) is 4. The van der Waals surface area contributed by atoms with Crippen molar-refractivity contribution < 1.29 is 4.79 Å². The second-order valence-electron chi connectivity index (χ2n) is 10.3. The fourth-order valence-electron chi connectivity index (χ4n) is 5.55. The molecule has 0 atom stereocenters. The van der Waals surface area contributed by atoms with Crippen molar-refractivity contribution >= 4 is 22.9 Å². The molecule has 1 aliphatic rings. The normalized spacial score (nSPS) is 17.3. The maximum absolute atomic E-state index is 13.0. The molecule has 0 unspecified atom stereocenters. The van der Waals surface area contributed by atoms with Crippen LogP contribution in [-0.4, -0.2) is 25.1 Å². The Labute approximate surface area is 226 Å². The highest BCUT2D eigenvalue weighted by Crippen LogP contribution is 2.40. The zero-order valence-electron chi connectivity index (χ0n) is 21.7. The van der Waals surface area contributed by atoms with Crippen molar-refractivity contribution in [3.05, 3.63) is 107 Å². The summed E-state index contributed by atoms with van der Waals surface area (Å²) in [5.74, 6) is 1.16. The second kappa shape index (κ2) is 10.2. The number of rotatable bonds is 5. The molecule has 1 amide bonds. The molecule has 0 bridgehead atoms. The number of benzene rings is 2. The number of pyridine rings is 1. The van der Waals surface area contributed by atoms with Crippen molar-refractivity contribution in [1.29, 1.82) is 0 Å². The zero-order valence-corrected chi connectivity index (χ0v) is 21.7. The lowest BCUT2D eigenvalue weighted by Crippen LogP contribution is -2.27. The summed E-state index contributed by atoms with van der Waals surface area (Å²) in [4.78, 5) is 30.3. The van der Waals surface area contributed by atoms with Crippen molar-refractivity contribution in [2.45, 2.75) is 38.5 Å². The maximum atomic E-state index is 13.0. The molecule has 1 aliphatic carbocycles. The monoisotopic (exact) mass is 518 g/mol. The van der Waals surface area contributed by atoms with Gasteiger partial charge in [-0.2, -0.15) is 5.10 Å². The fraction of sp³-hybridized carbons (Fsp3) is 0.226. The summed E-state index contributed by atoms with van der Waals surface area (Å²) in [7, 11) is 0. The first-order valence-corrected chi connectivity index (χ1v) is 13.3. The molecule has 1 fully saturated rings. The Balaban J connectivity index is 1.28. The van der Waals surface area contributed by atoms with Gasteiger partial charge in [-0.1, -0.05) is 50.1 Å². The Morgan fingerprint density at radius 3 is 2.46 bits per heavy atom. The van der Waals surface area contributed by atoms with E-state index in [4.69, 9.17) is 5.73 Å². The molecule has 3 heterocycles. The largest absolute Gasteiger partial charge is 0.382 e. The highest BCUT2D eigenvalue weighted by atomic mass is 16.2. The van der Waals surface area contributed by atoms with Gasteiger partial charge in [0.05, 0.1) is 0 Å². The van der Waals surface area contributed by atoms with Crippen molar-refractivity contribution in [1.82, 2.24) is 19.2 Å². The number of hydrogen-bond acceptors (Lipinski definition) is 5. The van der Waals surface area contributed by atoms with E-state index in [1.807, 2.05) is 59.1 Å². The van der Waals surface area contributed by atoms with Crippen LogP contribution in [0.1, 0.15) is 54.6 Å². The van der Waals surface area contributed by atoms with Crippen LogP contribution < -0.4 is 16.6 Å². The van der Waals surface area contributed by atoms with Gasteiger partial charge >= 0.3 is 0 Å². The smallest absolute Gasteiger partial charge is 0.267 e. The van der Waals surface area contributed by atoms with E-state index in [-0.39, 0.29) is 11.1 Å². The van der Waals surface area contributed by atoms with Crippen LogP contribution in [0.25, 0.3) is 22.3 Å². The average Bonchev–Trinajstić information content (AvgIpc) is 3.35. The molecule has 5 aromatic rings. The van der Waals surface area contributed by atoms with Gasteiger partial charge in [0.1, 0.15) is 17.4 Å². The van der Waals surface area contributed by atoms with Crippen molar-refractivity contribution in [3.63, 3.8) is 0 Å². The highest BCUT2D eigenvalue weighted by Gasteiger charge is 2.25. The molecular weight excluding hydrogens is 488 g/mol. The third-order valence-corrected chi connectivity index (χ3v) is 7.72. The molecule has 8 nitrogen and oxygen atoms in total. The van der Waals surface area contributed by atoms with Crippen LogP contribution in [0.2, 0.25) is 0 Å². The van der Waals surface area contributed by atoms with E-state index >= 15 is 0 Å². The van der Waals surface area contributed by atoms with Gasteiger partial charge in [0.15, 0.2) is 5.82 Å². The topological polar surface area (TPSA) is 107 Å². The molecule has 2 aromatic carbocycles. The Morgan fingerprint density at radius 2 is 1.72 bits per heavy atom. The number of para-hydroxylation sites is 1. The molecular formula is C31H30N6O2. The Bertz CT molecular complexity index is 1700. The van der Waals surface area contributed by atoms with E-state index in [0.717, 1.165) is 41.1 Å². The van der Waals surface area contributed by atoms with Gasteiger partial charge < -0.3 is 11.1 Å². The molecule has 3 N–H and O–H groups in total. The molecule has 0 saturated heterocycles. The summed E-state index contributed by atoms with van der Waals surface area (Å²) >= 11 is 0. The lowest BCUT2D eigenvalue weighted by atomic mass is 9.81. The lowest BCUT2D eigenvalue weighted by Gasteiger charge is -2.25. The van der Waals surface area contributed by atoms with E-state index in [1.54, 1.807) is 12.3 Å². The number of carbonyl (C=O) groups excluding carboxylic acids is 1. The summed E-state index contributed by atoms with van der Waals surface area (Å²) in [5, 5.41) is 7.41. The Morgan fingerprint density at radius 1 is 0.974 bits per heavy atom. The van der Waals surface area contributed by atoms with Crippen LogP contribution in [0.15, 0.2) is 90.1 Å². The van der Waals surface area contributed by atoms with Crippen LogP contribution in [0, 0.1) is 5.92 Å². The van der Waals surface area contributed by atoms with Crippen LogP contribution in [0.5, 0.6) is 0 Å². The number of nitrogens with two attached hydrogens (primary N) is 1. The molecule has 0 radical (unpaired) electrons.